The number of rotatable bonds is 1. The molecule has 1 spiro atoms. The van der Waals surface area contributed by atoms with E-state index < -0.39 is 76.7 Å². The van der Waals surface area contributed by atoms with Gasteiger partial charge in [-0.15, -0.1) is 0 Å². The van der Waals surface area contributed by atoms with E-state index in [4.69, 9.17) is 23.2 Å². The van der Waals surface area contributed by atoms with Crippen molar-refractivity contribution in [3.05, 3.63) is 57.1 Å². The van der Waals surface area contributed by atoms with E-state index in [1.165, 1.54) is 12.1 Å². The summed E-state index contributed by atoms with van der Waals surface area (Å²) in [6.07, 6.45) is -13.0. The fourth-order valence-electron chi connectivity index (χ4n) is 6.73. The Balaban J connectivity index is 1.56. The maximum absolute atomic E-state index is 14.0. The lowest BCUT2D eigenvalue weighted by molar-refractivity contribution is -0.143. The number of anilines is 2. The van der Waals surface area contributed by atoms with Gasteiger partial charge in [0.05, 0.1) is 45.5 Å². The summed E-state index contributed by atoms with van der Waals surface area (Å²) < 4.78 is 81.3. The number of halogens is 8. The zero-order valence-electron chi connectivity index (χ0n) is 19.3. The predicted octanol–water partition coefficient (Wildman–Crippen LogP) is 4.22. The van der Waals surface area contributed by atoms with Gasteiger partial charge in [-0.3, -0.25) is 14.5 Å². The molecule has 39 heavy (non-hydrogen) atoms. The third-order valence-corrected chi connectivity index (χ3v) is 8.57. The number of carbonyl (C=O) groups excluding carboxylic acids is 2. The molecule has 2 aromatic carbocycles. The van der Waals surface area contributed by atoms with Crippen molar-refractivity contribution < 1.29 is 46.1 Å². The van der Waals surface area contributed by atoms with Crippen molar-refractivity contribution in [2.24, 2.45) is 11.8 Å². The molecule has 3 saturated heterocycles. The van der Waals surface area contributed by atoms with Crippen molar-refractivity contribution in [3.63, 3.8) is 0 Å². The van der Waals surface area contributed by atoms with Gasteiger partial charge in [0.2, 0.25) is 11.8 Å². The van der Waals surface area contributed by atoms with Gasteiger partial charge in [-0.2, -0.15) is 26.3 Å². The highest BCUT2D eigenvalue weighted by Gasteiger charge is 2.75. The molecule has 0 radical (unpaired) electrons. The minimum atomic E-state index is -5.21. The van der Waals surface area contributed by atoms with Gasteiger partial charge in [-0.05, 0) is 36.8 Å². The lowest BCUT2D eigenvalue weighted by Crippen LogP contribution is -2.56. The Morgan fingerprint density at radius 1 is 0.923 bits per heavy atom. The molecule has 4 heterocycles. The van der Waals surface area contributed by atoms with Crippen LogP contribution in [0.25, 0.3) is 0 Å². The molecule has 0 aromatic heterocycles. The monoisotopic (exact) mass is 595 g/mol. The Kier molecular flexibility index (Phi) is 5.62. The number of fused-ring (bicyclic) bond motifs is 7. The first-order valence-electron chi connectivity index (χ1n) is 11.6. The smallest absolute Gasteiger partial charge is 0.392 e. The average molecular weight is 596 g/mol. The summed E-state index contributed by atoms with van der Waals surface area (Å²) in [6, 6.07) is 2.45. The summed E-state index contributed by atoms with van der Waals surface area (Å²) in [6.45, 7) is -0.0671. The maximum Gasteiger partial charge on any atom is 0.416 e. The molecule has 0 aliphatic carbocycles. The summed E-state index contributed by atoms with van der Waals surface area (Å²) in [5, 5.41) is 24.8. The Morgan fingerprint density at radius 3 is 2.13 bits per heavy atom. The fourth-order valence-corrected chi connectivity index (χ4v) is 7.28. The second-order valence-corrected chi connectivity index (χ2v) is 10.9. The highest BCUT2D eigenvalue weighted by Crippen LogP contribution is 2.63. The minimum absolute atomic E-state index is 0.0253. The molecule has 4 aliphatic rings. The van der Waals surface area contributed by atoms with Crippen LogP contribution in [-0.4, -0.2) is 51.8 Å². The highest BCUT2D eigenvalue weighted by atomic mass is 35.5. The number of aliphatic hydroxyl groups excluding tert-OH is 2. The van der Waals surface area contributed by atoms with Crippen molar-refractivity contribution in [1.29, 1.82) is 0 Å². The van der Waals surface area contributed by atoms with Crippen LogP contribution in [0.1, 0.15) is 23.1 Å². The van der Waals surface area contributed by atoms with Crippen molar-refractivity contribution in [2.45, 2.75) is 42.7 Å². The van der Waals surface area contributed by atoms with Gasteiger partial charge in [0, 0.05) is 23.2 Å². The number of hydrogen-bond acceptors (Lipinski definition) is 6. The lowest BCUT2D eigenvalue weighted by atomic mass is 9.74. The van der Waals surface area contributed by atoms with Crippen LogP contribution >= 0.6 is 23.2 Å². The predicted molar refractivity (Wildman–Crippen MR) is 125 cm³/mol. The third-order valence-electron chi connectivity index (χ3n) is 8.05. The van der Waals surface area contributed by atoms with Crippen LogP contribution in [-0.2, 0) is 27.5 Å². The summed E-state index contributed by atoms with van der Waals surface area (Å²) in [4.78, 5) is 29.6. The Bertz CT molecular complexity index is 1400. The van der Waals surface area contributed by atoms with Crippen LogP contribution in [0.3, 0.4) is 0 Å². The van der Waals surface area contributed by atoms with Gasteiger partial charge in [0.25, 0.3) is 0 Å². The van der Waals surface area contributed by atoms with E-state index in [1.807, 2.05) is 0 Å². The van der Waals surface area contributed by atoms with Gasteiger partial charge < -0.3 is 15.5 Å². The number of aliphatic hydroxyl groups is 2. The second-order valence-electron chi connectivity index (χ2n) is 10.1. The van der Waals surface area contributed by atoms with E-state index in [1.54, 1.807) is 4.90 Å². The molecule has 7 nitrogen and oxygen atoms in total. The molecular weight excluding hydrogens is 579 g/mol. The molecule has 3 N–H and O–H groups in total. The van der Waals surface area contributed by atoms with E-state index in [9.17, 15) is 46.1 Å². The number of hydrogen-bond donors (Lipinski definition) is 3. The second kappa shape index (κ2) is 8.23. The van der Waals surface area contributed by atoms with Gasteiger partial charge >= 0.3 is 12.4 Å². The Labute approximate surface area is 225 Å². The van der Waals surface area contributed by atoms with Gasteiger partial charge in [-0.1, -0.05) is 23.2 Å². The number of amides is 2. The van der Waals surface area contributed by atoms with Crippen LogP contribution in [0.15, 0.2) is 30.3 Å². The summed E-state index contributed by atoms with van der Waals surface area (Å²) in [7, 11) is 0. The van der Waals surface area contributed by atoms with Crippen LogP contribution < -0.4 is 10.2 Å². The first-order valence-corrected chi connectivity index (χ1v) is 12.4. The molecule has 208 valence electrons. The van der Waals surface area contributed by atoms with Crippen molar-refractivity contribution >= 4 is 46.4 Å². The molecule has 2 aromatic rings. The number of nitrogens with zero attached hydrogens (tertiary/aromatic N) is 2. The Hall–Kier alpha value is -2.58. The summed E-state index contributed by atoms with van der Waals surface area (Å²) in [5.41, 5.74) is -5.60. The highest BCUT2D eigenvalue weighted by molar-refractivity contribution is 6.37. The van der Waals surface area contributed by atoms with Gasteiger partial charge in [-0.25, -0.2) is 4.90 Å². The van der Waals surface area contributed by atoms with Crippen molar-refractivity contribution in [1.82, 2.24) is 4.90 Å². The molecule has 6 atom stereocenters. The molecule has 3 fully saturated rings. The number of carbonyl (C=O) groups is 2. The standard InChI is InChI=1S/C24H17Cl2F6N3O4/c25-10-4-13-18(14(26)5-10)33-21(39)22(13)17-16(15-6-12(36)7-34(15)22)19(37)35(20(17)38)11-2-8(23(27,28)29)1-9(3-11)24(30,31)32/h1-5,12,15-17,21,33,36,39H,6-7H2/t12-,15?,16?,17?,21?,22?/m0/s1. The van der Waals surface area contributed by atoms with E-state index in [-0.39, 0.29) is 40.3 Å². The number of benzene rings is 2. The van der Waals surface area contributed by atoms with Crippen LogP contribution in [0.2, 0.25) is 10.0 Å². The summed E-state index contributed by atoms with van der Waals surface area (Å²) >= 11 is 12.6. The van der Waals surface area contributed by atoms with E-state index >= 15 is 0 Å². The number of alkyl halides is 6. The lowest BCUT2D eigenvalue weighted by Gasteiger charge is -2.41. The van der Waals surface area contributed by atoms with E-state index in [2.05, 4.69) is 5.32 Å². The molecule has 0 bridgehead atoms. The summed E-state index contributed by atoms with van der Waals surface area (Å²) in [5.74, 6) is -4.86. The minimum Gasteiger partial charge on any atom is -0.392 e. The molecule has 2 amide bonds. The Morgan fingerprint density at radius 2 is 1.54 bits per heavy atom. The zero-order chi connectivity index (χ0) is 28.4. The van der Waals surface area contributed by atoms with Crippen LogP contribution in [0, 0.1) is 11.8 Å². The molecule has 15 heteroatoms. The maximum atomic E-state index is 14.0. The molecule has 5 unspecified atom stereocenters. The molecule has 0 saturated carbocycles. The topological polar surface area (TPSA) is 93.1 Å². The zero-order valence-corrected chi connectivity index (χ0v) is 20.8. The molecule has 4 aliphatic heterocycles. The number of imide groups is 1. The van der Waals surface area contributed by atoms with Crippen molar-refractivity contribution in [2.75, 3.05) is 16.8 Å². The van der Waals surface area contributed by atoms with E-state index in [0.717, 1.165) is 0 Å². The molecular formula is C24H17Cl2F6N3O4. The van der Waals surface area contributed by atoms with Crippen molar-refractivity contribution in [3.8, 4) is 0 Å². The SMILES string of the molecule is O=C1C2C3C[C@H](O)CN3C3(c4cc(Cl)cc(Cl)c4NC3O)C2C(=O)N1c1cc(C(F)(F)F)cc(C(F)(F)F)c1. The fraction of sp³-hybridized carbons (Fsp3) is 0.417. The van der Waals surface area contributed by atoms with Crippen LogP contribution in [0.5, 0.6) is 0 Å². The first-order chi connectivity index (χ1) is 18.1. The average Bonchev–Trinajstić information content (AvgIpc) is 3.48. The van der Waals surface area contributed by atoms with Gasteiger partial charge in [0.15, 0.2) is 0 Å². The first kappa shape index (κ1) is 26.6. The molecule has 6 rings (SSSR count). The van der Waals surface area contributed by atoms with Gasteiger partial charge in [0.1, 0.15) is 11.8 Å². The number of nitrogens with one attached hydrogen (secondary N) is 1. The normalized spacial score (nSPS) is 32.2. The van der Waals surface area contributed by atoms with E-state index in [0.29, 0.717) is 17.0 Å². The third kappa shape index (κ3) is 3.56. The largest absolute Gasteiger partial charge is 0.416 e. The quantitative estimate of drug-likeness (QED) is 0.338. The van der Waals surface area contributed by atoms with Crippen LogP contribution in [0.4, 0.5) is 37.7 Å².